The Labute approximate surface area is 56.7 Å². The average Bonchev–Trinajstić information content (AvgIpc) is 2.34. The Bertz CT molecular complexity index is 158. The van der Waals surface area contributed by atoms with Gasteiger partial charge in [0.1, 0.15) is 0 Å². The van der Waals surface area contributed by atoms with Crippen molar-refractivity contribution in [2.24, 2.45) is 0 Å². The molecule has 48 valence electrons. The molecule has 0 aliphatic heterocycles. The highest BCUT2D eigenvalue weighted by Crippen LogP contribution is 2.15. The van der Waals surface area contributed by atoms with Gasteiger partial charge >= 0.3 is 0 Å². The Kier molecular flexibility index (Phi) is 2.66. The predicted octanol–water partition coefficient (Wildman–Crippen LogP) is 2.55. The first-order valence-corrected chi connectivity index (χ1v) is 4.07. The van der Waals surface area contributed by atoms with Crippen LogP contribution < -0.4 is 0 Å². The number of hydrogen-bond acceptors (Lipinski definition) is 1. The normalized spacial score (nSPS) is 16.7. The maximum atomic E-state index is 10.0. The third-order valence-electron chi connectivity index (χ3n) is 1.37. The Hall–Kier alpha value is -0.420. The molecule has 0 bridgehead atoms. The van der Waals surface area contributed by atoms with E-state index in [-0.39, 0.29) is 8.46 Å². The van der Waals surface area contributed by atoms with Crippen LogP contribution in [0.1, 0.15) is 12.8 Å². The molecule has 0 N–H and O–H groups in total. The lowest BCUT2D eigenvalue weighted by molar-refractivity contribution is 0.598. The summed E-state index contributed by atoms with van der Waals surface area (Å²) in [7, 11) is 0.268. The van der Waals surface area contributed by atoms with E-state index in [1.54, 1.807) is 0 Å². The molecule has 0 fully saturated rings. The highest BCUT2D eigenvalue weighted by molar-refractivity contribution is 7.23. The van der Waals surface area contributed by atoms with Crippen molar-refractivity contribution < 1.29 is 4.57 Å². The largest absolute Gasteiger partial charge is 0.275 e. The van der Waals surface area contributed by atoms with Crippen LogP contribution in [0.2, 0.25) is 0 Å². The molecular weight excluding hydrogens is 131 g/mol. The molecular formula is C7H9OP. The molecule has 0 aromatic carbocycles. The van der Waals surface area contributed by atoms with Crippen LogP contribution in [-0.4, -0.2) is 6.16 Å². The first kappa shape index (κ1) is 6.70. The summed E-state index contributed by atoms with van der Waals surface area (Å²) in [6.07, 6.45) is 9.10. The Morgan fingerprint density at radius 2 is 2.56 bits per heavy atom. The Morgan fingerprint density at radius 1 is 1.67 bits per heavy atom. The van der Waals surface area contributed by atoms with Gasteiger partial charge in [-0.25, -0.2) is 0 Å². The summed E-state index contributed by atoms with van der Waals surface area (Å²) in [6.45, 7) is 0. The van der Waals surface area contributed by atoms with Gasteiger partial charge < -0.3 is 0 Å². The van der Waals surface area contributed by atoms with E-state index in [1.165, 1.54) is 5.57 Å². The van der Waals surface area contributed by atoms with Gasteiger partial charge in [0, 0.05) is 6.16 Å². The third kappa shape index (κ3) is 2.11. The molecule has 0 spiro atoms. The van der Waals surface area contributed by atoms with Gasteiger partial charge in [0.25, 0.3) is 0 Å². The maximum Gasteiger partial charge on any atom is 0.155 e. The monoisotopic (exact) mass is 140 g/mol. The minimum Gasteiger partial charge on any atom is -0.275 e. The van der Waals surface area contributed by atoms with Crippen LogP contribution in [0.25, 0.3) is 0 Å². The van der Waals surface area contributed by atoms with Gasteiger partial charge in [-0.15, -0.1) is 0 Å². The van der Waals surface area contributed by atoms with Gasteiger partial charge in [-0.3, -0.25) is 4.57 Å². The molecule has 0 saturated heterocycles. The number of hydrogen-bond donors (Lipinski definition) is 0. The van der Waals surface area contributed by atoms with Crippen molar-refractivity contribution in [2.75, 3.05) is 6.16 Å². The van der Waals surface area contributed by atoms with Crippen molar-refractivity contribution in [3.8, 4) is 0 Å². The third-order valence-corrected chi connectivity index (χ3v) is 1.78. The zero-order valence-corrected chi connectivity index (χ0v) is 6.10. The summed E-state index contributed by atoms with van der Waals surface area (Å²) in [4.78, 5) is 0. The molecule has 0 aromatic rings. The maximum absolute atomic E-state index is 10.0. The minimum absolute atomic E-state index is 0.268. The zero-order chi connectivity index (χ0) is 6.53. The quantitative estimate of drug-likeness (QED) is 0.550. The van der Waals surface area contributed by atoms with E-state index in [0.29, 0.717) is 0 Å². The molecule has 1 aliphatic rings. The molecule has 1 rings (SSSR count). The van der Waals surface area contributed by atoms with Crippen molar-refractivity contribution in [1.29, 1.82) is 0 Å². The zero-order valence-electron chi connectivity index (χ0n) is 5.21. The highest BCUT2D eigenvalue weighted by atomic mass is 31.1. The van der Waals surface area contributed by atoms with Crippen LogP contribution in [-0.2, 0) is 4.57 Å². The molecule has 0 atom stereocenters. The summed E-state index contributed by atoms with van der Waals surface area (Å²) in [6, 6.07) is 0. The van der Waals surface area contributed by atoms with Gasteiger partial charge in [0.15, 0.2) is 8.46 Å². The van der Waals surface area contributed by atoms with Crippen LogP contribution in [0.5, 0.6) is 0 Å². The van der Waals surface area contributed by atoms with Gasteiger partial charge in [-0.1, -0.05) is 23.8 Å². The van der Waals surface area contributed by atoms with Gasteiger partial charge in [-0.2, -0.15) is 0 Å². The molecule has 0 unspecified atom stereocenters. The molecule has 2 heteroatoms. The van der Waals surface area contributed by atoms with Crippen LogP contribution in [0.3, 0.4) is 0 Å². The lowest BCUT2D eigenvalue weighted by atomic mass is 10.2. The van der Waals surface area contributed by atoms with Crippen LogP contribution in [0, 0.1) is 0 Å². The van der Waals surface area contributed by atoms with Crippen molar-refractivity contribution in [2.45, 2.75) is 12.8 Å². The topological polar surface area (TPSA) is 17.1 Å². The van der Waals surface area contributed by atoms with E-state index in [0.717, 1.165) is 19.0 Å². The molecule has 1 aliphatic carbocycles. The fraction of sp³-hybridized carbons (Fsp3) is 0.429. The average molecular weight is 140 g/mol. The van der Waals surface area contributed by atoms with E-state index in [1.807, 2.05) is 0 Å². The van der Waals surface area contributed by atoms with E-state index in [9.17, 15) is 4.57 Å². The summed E-state index contributed by atoms with van der Waals surface area (Å²) in [5.41, 5.74) is 1.40. The SMILES string of the molecule is O=PCCC1=CC=CC1. The van der Waals surface area contributed by atoms with Crippen molar-refractivity contribution in [3.05, 3.63) is 23.8 Å². The summed E-state index contributed by atoms with van der Waals surface area (Å²) >= 11 is 0. The lowest BCUT2D eigenvalue weighted by Gasteiger charge is -1.92. The standard InChI is InChI=1S/C7H9OP/c8-9-6-5-7-3-1-2-4-7/h1-3H,4-6H2. The fourth-order valence-electron chi connectivity index (χ4n) is 0.866. The molecule has 0 saturated carbocycles. The van der Waals surface area contributed by atoms with Gasteiger partial charge in [-0.05, 0) is 12.8 Å². The van der Waals surface area contributed by atoms with Crippen molar-refractivity contribution in [3.63, 3.8) is 0 Å². The van der Waals surface area contributed by atoms with E-state index < -0.39 is 0 Å². The van der Waals surface area contributed by atoms with Crippen LogP contribution in [0.15, 0.2) is 23.8 Å². The first-order valence-electron chi connectivity index (χ1n) is 3.07. The first-order chi connectivity index (χ1) is 4.43. The minimum atomic E-state index is 0.268. The Morgan fingerprint density at radius 3 is 3.11 bits per heavy atom. The Balaban J connectivity index is 2.21. The van der Waals surface area contributed by atoms with Crippen LogP contribution in [0.4, 0.5) is 0 Å². The molecule has 0 amide bonds. The molecule has 1 nitrogen and oxygen atoms in total. The number of allylic oxidation sites excluding steroid dienone is 4. The molecule has 0 aromatic heterocycles. The lowest BCUT2D eigenvalue weighted by Crippen LogP contribution is -1.78. The van der Waals surface area contributed by atoms with E-state index >= 15 is 0 Å². The van der Waals surface area contributed by atoms with E-state index in [2.05, 4.69) is 18.2 Å². The van der Waals surface area contributed by atoms with Crippen LogP contribution >= 0.6 is 8.46 Å². The fourth-order valence-corrected chi connectivity index (χ4v) is 1.24. The van der Waals surface area contributed by atoms with Gasteiger partial charge in [0.2, 0.25) is 0 Å². The summed E-state index contributed by atoms with van der Waals surface area (Å²) < 4.78 is 10.0. The smallest absolute Gasteiger partial charge is 0.155 e. The van der Waals surface area contributed by atoms with Crippen molar-refractivity contribution in [1.82, 2.24) is 0 Å². The molecule has 0 radical (unpaired) electrons. The van der Waals surface area contributed by atoms with E-state index in [4.69, 9.17) is 0 Å². The second-order valence-electron chi connectivity index (χ2n) is 2.06. The molecule has 9 heavy (non-hydrogen) atoms. The highest BCUT2D eigenvalue weighted by Gasteiger charge is 1.97. The summed E-state index contributed by atoms with van der Waals surface area (Å²) in [5, 5.41) is 0. The van der Waals surface area contributed by atoms with Crippen molar-refractivity contribution >= 4 is 8.46 Å². The summed E-state index contributed by atoms with van der Waals surface area (Å²) in [5.74, 6) is 0. The second kappa shape index (κ2) is 3.58. The molecule has 0 heterocycles. The number of rotatable bonds is 3. The van der Waals surface area contributed by atoms with Gasteiger partial charge in [0.05, 0.1) is 0 Å². The predicted molar refractivity (Wildman–Crippen MR) is 38.9 cm³/mol. The second-order valence-corrected chi connectivity index (χ2v) is 2.77.